The predicted molar refractivity (Wildman–Crippen MR) is 49.3 cm³/mol. The average Bonchev–Trinajstić information content (AvgIpc) is 1.97. The maximum atomic E-state index is 5.34. The normalized spacial score (nSPS) is 10.2. The summed E-state index contributed by atoms with van der Waals surface area (Å²) in [5.74, 6) is 2.35. The van der Waals surface area contributed by atoms with Crippen molar-refractivity contribution >= 4 is 11.8 Å². The average molecular weight is 162 g/mol. The van der Waals surface area contributed by atoms with Crippen LogP contribution in [-0.4, -0.2) is 24.6 Å². The second-order valence-corrected chi connectivity index (χ2v) is 3.48. The summed E-state index contributed by atoms with van der Waals surface area (Å²) in [6.07, 6.45) is 3.74. The van der Waals surface area contributed by atoms with Crippen LogP contribution in [0.15, 0.2) is 0 Å². The zero-order chi connectivity index (χ0) is 7.66. The molecule has 62 valence electrons. The third-order valence-electron chi connectivity index (χ3n) is 1.25. The fraction of sp³-hybridized carbons (Fsp3) is 1.00. The van der Waals surface area contributed by atoms with Crippen molar-refractivity contribution in [3.05, 3.63) is 0 Å². The summed E-state index contributed by atoms with van der Waals surface area (Å²) < 4.78 is 0. The predicted octanol–water partition coefficient (Wildman–Crippen LogP) is 0.807. The van der Waals surface area contributed by atoms with E-state index in [-0.39, 0.29) is 0 Å². The highest BCUT2D eigenvalue weighted by atomic mass is 32.2. The van der Waals surface area contributed by atoms with Crippen LogP contribution in [0.2, 0.25) is 0 Å². The van der Waals surface area contributed by atoms with Gasteiger partial charge < -0.3 is 11.5 Å². The third kappa shape index (κ3) is 8.27. The van der Waals surface area contributed by atoms with Crippen LogP contribution in [0.25, 0.3) is 0 Å². The number of thioether (sulfide) groups is 1. The second-order valence-electron chi connectivity index (χ2n) is 2.25. The van der Waals surface area contributed by atoms with E-state index < -0.39 is 0 Å². The van der Waals surface area contributed by atoms with E-state index in [1.165, 1.54) is 25.0 Å². The Morgan fingerprint density at radius 1 is 0.800 bits per heavy atom. The largest absolute Gasteiger partial charge is 0.330 e. The quantitative estimate of drug-likeness (QED) is 0.545. The van der Waals surface area contributed by atoms with E-state index in [0.717, 1.165) is 18.8 Å². The molecule has 0 spiro atoms. The van der Waals surface area contributed by atoms with E-state index in [4.69, 9.17) is 11.5 Å². The topological polar surface area (TPSA) is 52.0 Å². The lowest BCUT2D eigenvalue weighted by molar-refractivity contribution is 0.732. The van der Waals surface area contributed by atoms with Crippen LogP contribution in [0.4, 0.5) is 0 Å². The Bertz CT molecular complexity index is 51.6. The standard InChI is InChI=1S/C7H18N2S/c8-4-2-1-3-6-10-7-5-9/h1-9H2. The fourth-order valence-corrected chi connectivity index (χ4v) is 1.49. The van der Waals surface area contributed by atoms with Gasteiger partial charge in [0.2, 0.25) is 0 Å². The van der Waals surface area contributed by atoms with Crippen LogP contribution in [0.5, 0.6) is 0 Å². The van der Waals surface area contributed by atoms with Crippen molar-refractivity contribution in [2.24, 2.45) is 11.5 Å². The van der Waals surface area contributed by atoms with Crippen LogP contribution in [0.1, 0.15) is 19.3 Å². The van der Waals surface area contributed by atoms with Gasteiger partial charge in [0.1, 0.15) is 0 Å². The van der Waals surface area contributed by atoms with Crippen molar-refractivity contribution in [2.75, 3.05) is 24.6 Å². The van der Waals surface area contributed by atoms with Gasteiger partial charge in [-0.05, 0) is 25.1 Å². The SMILES string of the molecule is NCCCCCSCCN. The zero-order valence-corrected chi connectivity index (χ0v) is 7.33. The lowest BCUT2D eigenvalue weighted by Gasteiger charge is -1.97. The van der Waals surface area contributed by atoms with Crippen molar-refractivity contribution in [2.45, 2.75) is 19.3 Å². The maximum Gasteiger partial charge on any atom is 0.00558 e. The molecule has 2 nitrogen and oxygen atoms in total. The molecule has 0 atom stereocenters. The zero-order valence-electron chi connectivity index (χ0n) is 6.51. The lowest BCUT2D eigenvalue weighted by Crippen LogP contribution is -2.02. The van der Waals surface area contributed by atoms with E-state index in [1.807, 2.05) is 11.8 Å². The molecule has 3 heteroatoms. The minimum Gasteiger partial charge on any atom is -0.330 e. The first kappa shape index (κ1) is 10.3. The van der Waals surface area contributed by atoms with Crippen LogP contribution < -0.4 is 11.5 Å². The molecule has 0 unspecified atom stereocenters. The molecule has 0 fully saturated rings. The first-order valence-corrected chi connectivity index (χ1v) is 5.05. The summed E-state index contributed by atoms with van der Waals surface area (Å²) in [6.45, 7) is 1.64. The van der Waals surface area contributed by atoms with Gasteiger partial charge in [-0.2, -0.15) is 11.8 Å². The third-order valence-corrected chi connectivity index (χ3v) is 2.36. The molecular formula is C7H18N2S. The van der Waals surface area contributed by atoms with Crippen LogP contribution in [0, 0.1) is 0 Å². The molecular weight excluding hydrogens is 144 g/mol. The first-order valence-electron chi connectivity index (χ1n) is 3.89. The molecule has 0 rings (SSSR count). The van der Waals surface area contributed by atoms with Gasteiger partial charge in [0.15, 0.2) is 0 Å². The van der Waals surface area contributed by atoms with Crippen molar-refractivity contribution in [3.63, 3.8) is 0 Å². The van der Waals surface area contributed by atoms with Gasteiger partial charge in [-0.25, -0.2) is 0 Å². The Balaban J connectivity index is 2.65. The molecule has 0 amide bonds. The minimum absolute atomic E-state index is 0.807. The van der Waals surface area contributed by atoms with E-state index in [2.05, 4.69) is 0 Å². The number of hydrogen-bond donors (Lipinski definition) is 2. The van der Waals surface area contributed by atoms with E-state index >= 15 is 0 Å². The van der Waals surface area contributed by atoms with Gasteiger partial charge in [0, 0.05) is 12.3 Å². The minimum atomic E-state index is 0.807. The van der Waals surface area contributed by atoms with Crippen molar-refractivity contribution in [3.8, 4) is 0 Å². The highest BCUT2D eigenvalue weighted by Gasteiger charge is 1.87. The molecule has 0 radical (unpaired) electrons. The maximum absolute atomic E-state index is 5.34. The Morgan fingerprint density at radius 3 is 2.20 bits per heavy atom. The summed E-state index contributed by atoms with van der Waals surface area (Å²) >= 11 is 1.94. The summed E-state index contributed by atoms with van der Waals surface area (Å²) in [6, 6.07) is 0. The van der Waals surface area contributed by atoms with Crippen molar-refractivity contribution in [1.29, 1.82) is 0 Å². The number of unbranched alkanes of at least 4 members (excludes halogenated alkanes) is 2. The smallest absolute Gasteiger partial charge is 0.00558 e. The van der Waals surface area contributed by atoms with Crippen LogP contribution >= 0.6 is 11.8 Å². The summed E-state index contributed by atoms with van der Waals surface area (Å²) in [5, 5.41) is 0. The second kappa shape index (κ2) is 9.27. The fourth-order valence-electron chi connectivity index (χ4n) is 0.711. The lowest BCUT2D eigenvalue weighted by atomic mass is 10.2. The summed E-state index contributed by atoms with van der Waals surface area (Å²) in [4.78, 5) is 0. The molecule has 0 aromatic heterocycles. The molecule has 0 aliphatic rings. The molecule has 0 saturated heterocycles. The summed E-state index contributed by atoms with van der Waals surface area (Å²) in [5.41, 5.74) is 10.7. The van der Waals surface area contributed by atoms with Crippen LogP contribution in [0.3, 0.4) is 0 Å². The number of rotatable bonds is 7. The van der Waals surface area contributed by atoms with Crippen molar-refractivity contribution in [1.82, 2.24) is 0 Å². The van der Waals surface area contributed by atoms with E-state index in [1.54, 1.807) is 0 Å². The number of hydrogen-bond acceptors (Lipinski definition) is 3. The molecule has 0 aliphatic carbocycles. The highest BCUT2D eigenvalue weighted by molar-refractivity contribution is 7.99. The number of nitrogens with two attached hydrogens (primary N) is 2. The van der Waals surface area contributed by atoms with Gasteiger partial charge >= 0.3 is 0 Å². The van der Waals surface area contributed by atoms with Gasteiger partial charge in [0.25, 0.3) is 0 Å². The molecule has 0 aliphatic heterocycles. The molecule has 0 aromatic rings. The Morgan fingerprint density at radius 2 is 1.60 bits per heavy atom. The molecule has 0 aromatic carbocycles. The Labute approximate surface area is 67.7 Å². The Hall–Kier alpha value is 0.270. The van der Waals surface area contributed by atoms with Gasteiger partial charge in [-0.3, -0.25) is 0 Å². The van der Waals surface area contributed by atoms with Crippen molar-refractivity contribution < 1.29 is 0 Å². The van der Waals surface area contributed by atoms with Crippen LogP contribution in [-0.2, 0) is 0 Å². The molecule has 0 saturated carbocycles. The highest BCUT2D eigenvalue weighted by Crippen LogP contribution is 2.04. The molecule has 10 heavy (non-hydrogen) atoms. The molecule has 0 bridgehead atoms. The first-order chi connectivity index (χ1) is 4.91. The molecule has 0 heterocycles. The van der Waals surface area contributed by atoms with E-state index in [0.29, 0.717) is 0 Å². The van der Waals surface area contributed by atoms with Gasteiger partial charge in [0.05, 0.1) is 0 Å². The van der Waals surface area contributed by atoms with Gasteiger partial charge in [-0.1, -0.05) is 6.42 Å². The summed E-state index contributed by atoms with van der Waals surface area (Å²) in [7, 11) is 0. The van der Waals surface area contributed by atoms with E-state index in [9.17, 15) is 0 Å². The van der Waals surface area contributed by atoms with Gasteiger partial charge in [-0.15, -0.1) is 0 Å². The molecule has 4 N–H and O–H groups in total. The monoisotopic (exact) mass is 162 g/mol. The Kier molecular flexibility index (Phi) is 9.52.